The first-order valence-corrected chi connectivity index (χ1v) is 9.17. The van der Waals surface area contributed by atoms with Crippen LogP contribution < -0.4 is 10.6 Å². The summed E-state index contributed by atoms with van der Waals surface area (Å²) in [6, 6.07) is 10.3. The van der Waals surface area contributed by atoms with E-state index in [1.54, 1.807) is 0 Å². The fourth-order valence-electron chi connectivity index (χ4n) is 2.74. The SMILES string of the molecule is CCc1ccc(C(C)N/C=C(/C#N)C(=O)NCCN2CCOCC2)cc1. The highest BCUT2D eigenvalue weighted by molar-refractivity contribution is 5.97. The molecule has 1 atom stereocenters. The predicted octanol–water partition coefficient (Wildman–Crippen LogP) is 1.76. The summed E-state index contributed by atoms with van der Waals surface area (Å²) in [6.07, 6.45) is 2.51. The molecule has 26 heavy (non-hydrogen) atoms. The van der Waals surface area contributed by atoms with Crippen LogP contribution in [0, 0.1) is 11.3 Å². The molecule has 0 radical (unpaired) electrons. The van der Waals surface area contributed by atoms with E-state index in [9.17, 15) is 10.1 Å². The topological polar surface area (TPSA) is 77.4 Å². The highest BCUT2D eigenvalue weighted by atomic mass is 16.5. The number of hydrogen-bond donors (Lipinski definition) is 2. The Morgan fingerprint density at radius 3 is 2.65 bits per heavy atom. The summed E-state index contributed by atoms with van der Waals surface area (Å²) < 4.78 is 5.30. The summed E-state index contributed by atoms with van der Waals surface area (Å²) in [6.45, 7) is 8.64. The summed E-state index contributed by atoms with van der Waals surface area (Å²) in [5, 5.41) is 15.2. The van der Waals surface area contributed by atoms with E-state index < -0.39 is 0 Å². The lowest BCUT2D eigenvalue weighted by Gasteiger charge is -2.26. The minimum absolute atomic E-state index is 0.0189. The van der Waals surface area contributed by atoms with Crippen LogP contribution in [0.5, 0.6) is 0 Å². The van der Waals surface area contributed by atoms with Crippen LogP contribution in [0.1, 0.15) is 31.0 Å². The minimum Gasteiger partial charge on any atom is -0.383 e. The maximum absolute atomic E-state index is 12.2. The van der Waals surface area contributed by atoms with Gasteiger partial charge in [-0.2, -0.15) is 5.26 Å². The second-order valence-corrected chi connectivity index (χ2v) is 6.36. The van der Waals surface area contributed by atoms with Crippen LogP contribution in [0.15, 0.2) is 36.0 Å². The standard InChI is InChI=1S/C20H28N4O2/c1-3-17-4-6-18(7-5-17)16(2)23-15-19(14-21)20(25)22-8-9-24-10-12-26-13-11-24/h4-7,15-16,23H,3,8-13H2,1-2H3,(H,22,25)/b19-15-. The van der Waals surface area contributed by atoms with E-state index >= 15 is 0 Å². The van der Waals surface area contributed by atoms with E-state index in [1.165, 1.54) is 11.8 Å². The van der Waals surface area contributed by atoms with E-state index in [1.807, 2.05) is 13.0 Å². The number of aryl methyl sites for hydroxylation is 1. The molecule has 0 bridgehead atoms. The molecular weight excluding hydrogens is 328 g/mol. The highest BCUT2D eigenvalue weighted by Gasteiger charge is 2.12. The van der Waals surface area contributed by atoms with Gasteiger partial charge < -0.3 is 15.4 Å². The molecule has 1 heterocycles. The average Bonchev–Trinajstić information content (AvgIpc) is 2.69. The Kier molecular flexibility index (Phi) is 8.13. The molecule has 0 aromatic heterocycles. The molecule has 6 heteroatoms. The molecule has 1 fully saturated rings. The zero-order chi connectivity index (χ0) is 18.8. The van der Waals surface area contributed by atoms with Crippen LogP contribution in [0.3, 0.4) is 0 Å². The Hall–Kier alpha value is -2.36. The van der Waals surface area contributed by atoms with Gasteiger partial charge in [0.15, 0.2) is 0 Å². The summed E-state index contributed by atoms with van der Waals surface area (Å²) in [7, 11) is 0. The van der Waals surface area contributed by atoms with Gasteiger partial charge in [-0.15, -0.1) is 0 Å². The van der Waals surface area contributed by atoms with Gasteiger partial charge >= 0.3 is 0 Å². The summed E-state index contributed by atoms with van der Waals surface area (Å²) in [5.74, 6) is -0.346. The zero-order valence-electron chi connectivity index (χ0n) is 15.6. The molecule has 1 aromatic carbocycles. The second kappa shape index (κ2) is 10.6. The van der Waals surface area contributed by atoms with Crippen molar-refractivity contribution in [1.82, 2.24) is 15.5 Å². The lowest BCUT2D eigenvalue weighted by atomic mass is 10.1. The third kappa shape index (κ3) is 6.17. The van der Waals surface area contributed by atoms with E-state index in [0.717, 1.165) is 44.8 Å². The molecule has 1 unspecified atom stereocenters. The number of carbonyl (C=O) groups is 1. The van der Waals surface area contributed by atoms with Crippen molar-refractivity contribution in [2.24, 2.45) is 0 Å². The fraction of sp³-hybridized carbons (Fsp3) is 0.500. The number of morpholine rings is 1. The Balaban J connectivity index is 1.81. The molecule has 1 aromatic rings. The van der Waals surface area contributed by atoms with Crippen molar-refractivity contribution >= 4 is 5.91 Å². The van der Waals surface area contributed by atoms with E-state index in [-0.39, 0.29) is 17.5 Å². The van der Waals surface area contributed by atoms with Gasteiger partial charge in [-0.05, 0) is 24.5 Å². The Bertz CT molecular complexity index is 643. The van der Waals surface area contributed by atoms with E-state index in [4.69, 9.17) is 4.74 Å². The van der Waals surface area contributed by atoms with Crippen molar-refractivity contribution in [2.45, 2.75) is 26.3 Å². The number of rotatable bonds is 8. The van der Waals surface area contributed by atoms with E-state index in [0.29, 0.717) is 6.54 Å². The molecule has 2 rings (SSSR count). The average molecular weight is 356 g/mol. The number of ether oxygens (including phenoxy) is 1. The van der Waals surface area contributed by atoms with Gasteiger partial charge in [0.05, 0.1) is 13.2 Å². The van der Waals surface area contributed by atoms with Crippen LogP contribution in [0.2, 0.25) is 0 Å². The number of amides is 1. The van der Waals surface area contributed by atoms with Gasteiger partial charge in [0.25, 0.3) is 5.91 Å². The largest absolute Gasteiger partial charge is 0.383 e. The third-order valence-corrected chi connectivity index (χ3v) is 4.55. The summed E-state index contributed by atoms with van der Waals surface area (Å²) >= 11 is 0. The van der Waals surface area contributed by atoms with Crippen molar-refractivity contribution < 1.29 is 9.53 Å². The molecule has 1 amide bonds. The Morgan fingerprint density at radius 1 is 1.35 bits per heavy atom. The minimum atomic E-state index is -0.346. The molecule has 0 saturated carbocycles. The van der Waals surface area contributed by atoms with Gasteiger partial charge in [-0.3, -0.25) is 9.69 Å². The molecular formula is C20H28N4O2. The normalized spacial score (nSPS) is 16.6. The number of benzene rings is 1. The van der Waals surface area contributed by atoms with Crippen LogP contribution in [0.4, 0.5) is 0 Å². The molecule has 0 aliphatic carbocycles. The Morgan fingerprint density at radius 2 is 2.04 bits per heavy atom. The summed E-state index contributed by atoms with van der Waals surface area (Å²) in [5.41, 5.74) is 2.49. The van der Waals surface area contributed by atoms with Gasteiger partial charge in [0, 0.05) is 38.4 Å². The van der Waals surface area contributed by atoms with Crippen molar-refractivity contribution in [3.8, 4) is 6.07 Å². The van der Waals surface area contributed by atoms with Crippen LogP contribution in [-0.4, -0.2) is 50.2 Å². The van der Waals surface area contributed by atoms with Crippen molar-refractivity contribution in [1.29, 1.82) is 5.26 Å². The fourth-order valence-corrected chi connectivity index (χ4v) is 2.74. The van der Waals surface area contributed by atoms with Crippen molar-refractivity contribution in [2.75, 3.05) is 39.4 Å². The van der Waals surface area contributed by atoms with Crippen LogP contribution in [0.25, 0.3) is 0 Å². The lowest BCUT2D eigenvalue weighted by Crippen LogP contribution is -2.41. The monoisotopic (exact) mass is 356 g/mol. The predicted molar refractivity (Wildman–Crippen MR) is 101 cm³/mol. The molecule has 1 aliphatic rings. The Labute approximate surface area is 155 Å². The molecule has 2 N–H and O–H groups in total. The number of nitriles is 1. The van der Waals surface area contributed by atoms with Gasteiger partial charge in [-0.25, -0.2) is 0 Å². The first kappa shape index (κ1) is 20.0. The smallest absolute Gasteiger partial charge is 0.263 e. The molecule has 0 spiro atoms. The second-order valence-electron chi connectivity index (χ2n) is 6.36. The number of nitrogens with one attached hydrogen (secondary N) is 2. The molecule has 140 valence electrons. The number of hydrogen-bond acceptors (Lipinski definition) is 5. The first-order chi connectivity index (χ1) is 12.6. The number of nitrogens with zero attached hydrogens (tertiary/aromatic N) is 2. The van der Waals surface area contributed by atoms with Crippen LogP contribution >= 0.6 is 0 Å². The highest BCUT2D eigenvalue weighted by Crippen LogP contribution is 2.14. The van der Waals surface area contributed by atoms with E-state index in [2.05, 4.69) is 46.7 Å². The third-order valence-electron chi connectivity index (χ3n) is 4.55. The van der Waals surface area contributed by atoms with Gasteiger partial charge in [0.1, 0.15) is 11.6 Å². The van der Waals surface area contributed by atoms with Crippen molar-refractivity contribution in [3.05, 3.63) is 47.2 Å². The van der Waals surface area contributed by atoms with Gasteiger partial charge in [-0.1, -0.05) is 31.2 Å². The van der Waals surface area contributed by atoms with Crippen molar-refractivity contribution in [3.63, 3.8) is 0 Å². The number of carbonyl (C=O) groups excluding carboxylic acids is 1. The first-order valence-electron chi connectivity index (χ1n) is 9.17. The lowest BCUT2D eigenvalue weighted by molar-refractivity contribution is -0.117. The maximum Gasteiger partial charge on any atom is 0.263 e. The van der Waals surface area contributed by atoms with Crippen LogP contribution in [-0.2, 0) is 16.0 Å². The van der Waals surface area contributed by atoms with Gasteiger partial charge in [0.2, 0.25) is 0 Å². The zero-order valence-corrected chi connectivity index (χ0v) is 15.6. The molecule has 1 saturated heterocycles. The molecule has 6 nitrogen and oxygen atoms in total. The molecule has 1 aliphatic heterocycles. The quantitative estimate of drug-likeness (QED) is 0.548. The summed E-state index contributed by atoms with van der Waals surface area (Å²) in [4.78, 5) is 14.4. The maximum atomic E-state index is 12.2.